The van der Waals surface area contributed by atoms with Crippen molar-refractivity contribution in [2.24, 2.45) is 7.05 Å². The predicted molar refractivity (Wildman–Crippen MR) is 55.2 cm³/mol. The van der Waals surface area contributed by atoms with Crippen LogP contribution in [0.3, 0.4) is 0 Å². The number of hydrogen-bond acceptors (Lipinski definition) is 4. The summed E-state index contributed by atoms with van der Waals surface area (Å²) in [6.07, 6.45) is 0.341. The Kier molecular flexibility index (Phi) is 3.04. The van der Waals surface area contributed by atoms with E-state index in [-0.39, 0.29) is 11.5 Å². The Hall–Kier alpha value is -2.32. The fourth-order valence-corrected chi connectivity index (χ4v) is 1.53. The number of aromatic carboxylic acids is 1. The van der Waals surface area contributed by atoms with Crippen LogP contribution in [0, 0.1) is 0 Å². The lowest BCUT2D eigenvalue weighted by Crippen LogP contribution is -2.12. The van der Waals surface area contributed by atoms with Crippen molar-refractivity contribution in [3.05, 3.63) is 18.1 Å². The number of carbonyl (C=O) groups is 1. The number of alkyl halides is 2. The van der Waals surface area contributed by atoms with Gasteiger partial charge in [-0.25, -0.2) is 23.2 Å². The summed E-state index contributed by atoms with van der Waals surface area (Å²) in [7, 11) is 1.62. The van der Waals surface area contributed by atoms with Crippen LogP contribution in [0.1, 0.15) is 10.5 Å². The maximum absolute atomic E-state index is 12.4. The van der Waals surface area contributed by atoms with Crippen molar-refractivity contribution in [3.8, 4) is 11.5 Å². The number of hydrogen-bond donors (Lipinski definition) is 1. The van der Waals surface area contributed by atoms with Gasteiger partial charge in [0.25, 0.3) is 6.43 Å². The molecule has 2 aromatic rings. The van der Waals surface area contributed by atoms with Crippen LogP contribution in [0.15, 0.2) is 12.4 Å². The summed E-state index contributed by atoms with van der Waals surface area (Å²) in [6, 6.07) is 0. The molecule has 0 aliphatic rings. The Morgan fingerprint density at radius 3 is 2.78 bits per heavy atom. The van der Waals surface area contributed by atoms with E-state index in [1.807, 2.05) is 0 Å². The molecule has 0 aromatic carbocycles. The van der Waals surface area contributed by atoms with Crippen molar-refractivity contribution >= 4 is 5.97 Å². The molecule has 9 heteroatoms. The van der Waals surface area contributed by atoms with E-state index in [1.54, 1.807) is 13.2 Å². The van der Waals surface area contributed by atoms with Crippen molar-refractivity contribution in [1.29, 1.82) is 0 Å². The number of carboxylic acids is 1. The molecule has 0 amide bonds. The van der Waals surface area contributed by atoms with Crippen LogP contribution in [0.2, 0.25) is 0 Å². The summed E-state index contributed by atoms with van der Waals surface area (Å²) < 4.78 is 27.1. The molecule has 2 aromatic heterocycles. The molecule has 2 rings (SSSR count). The Morgan fingerprint density at radius 2 is 2.28 bits per heavy atom. The van der Waals surface area contributed by atoms with E-state index in [0.29, 0.717) is 0 Å². The maximum atomic E-state index is 12.4. The first-order valence-corrected chi connectivity index (χ1v) is 4.93. The van der Waals surface area contributed by atoms with Crippen molar-refractivity contribution in [2.75, 3.05) is 0 Å². The van der Waals surface area contributed by atoms with Crippen molar-refractivity contribution in [3.63, 3.8) is 0 Å². The van der Waals surface area contributed by atoms with Gasteiger partial charge >= 0.3 is 5.97 Å². The van der Waals surface area contributed by atoms with Crippen LogP contribution in [-0.4, -0.2) is 42.0 Å². The minimum absolute atomic E-state index is 0.0321. The van der Waals surface area contributed by atoms with Gasteiger partial charge in [-0.2, -0.15) is 0 Å². The van der Waals surface area contributed by atoms with Gasteiger partial charge in [0.1, 0.15) is 12.2 Å². The zero-order valence-corrected chi connectivity index (χ0v) is 9.29. The van der Waals surface area contributed by atoms with Crippen molar-refractivity contribution in [2.45, 2.75) is 13.0 Å². The van der Waals surface area contributed by atoms with Gasteiger partial charge in [0.2, 0.25) is 5.69 Å². The van der Waals surface area contributed by atoms with Crippen LogP contribution in [0.5, 0.6) is 0 Å². The Morgan fingerprint density at radius 1 is 1.56 bits per heavy atom. The summed E-state index contributed by atoms with van der Waals surface area (Å²) >= 11 is 0. The topological polar surface area (TPSA) is 85.8 Å². The van der Waals surface area contributed by atoms with Crippen LogP contribution in [0.4, 0.5) is 8.78 Å². The van der Waals surface area contributed by atoms with E-state index in [0.717, 1.165) is 4.68 Å². The molecule has 0 saturated carbocycles. The molecule has 0 aliphatic heterocycles. The molecule has 0 bridgehead atoms. The maximum Gasteiger partial charge on any atom is 0.358 e. The molecule has 1 N–H and O–H groups in total. The molecule has 0 fully saturated rings. The van der Waals surface area contributed by atoms with Crippen LogP contribution in [-0.2, 0) is 13.6 Å². The minimum Gasteiger partial charge on any atom is -0.476 e. The fraction of sp³-hybridized carbons (Fsp3) is 0.333. The monoisotopic (exact) mass is 257 g/mol. The van der Waals surface area contributed by atoms with Gasteiger partial charge < -0.3 is 9.67 Å². The van der Waals surface area contributed by atoms with Gasteiger partial charge in [-0.3, -0.25) is 0 Å². The molecular weight excluding hydrogens is 248 g/mol. The first-order chi connectivity index (χ1) is 8.50. The number of aromatic nitrogens is 5. The molecule has 18 heavy (non-hydrogen) atoms. The summed E-state index contributed by atoms with van der Waals surface area (Å²) in [5, 5.41) is 15.8. The summed E-state index contributed by atoms with van der Waals surface area (Å²) in [5.41, 5.74) is -0.430. The Balaban J connectivity index is 2.57. The lowest BCUT2D eigenvalue weighted by atomic mass is 10.3. The third-order valence-corrected chi connectivity index (χ3v) is 2.28. The Labute approximate surface area is 99.7 Å². The lowest BCUT2D eigenvalue weighted by molar-refractivity contribution is 0.0691. The standard InChI is InChI=1S/C9H9F2N5O2/c1-15-3-2-12-8(15)7-6(9(17)18)13-14-16(7)4-5(10)11/h2-3,5H,4H2,1H3,(H,17,18). The first-order valence-electron chi connectivity index (χ1n) is 4.93. The third-order valence-electron chi connectivity index (χ3n) is 2.28. The summed E-state index contributed by atoms with van der Waals surface area (Å²) in [5.74, 6) is -1.12. The largest absolute Gasteiger partial charge is 0.476 e. The average Bonchev–Trinajstić information content (AvgIpc) is 2.83. The zero-order chi connectivity index (χ0) is 13.3. The first kappa shape index (κ1) is 12.1. The second-order valence-electron chi connectivity index (χ2n) is 3.53. The molecule has 0 radical (unpaired) electrons. The highest BCUT2D eigenvalue weighted by Crippen LogP contribution is 2.20. The molecule has 0 spiro atoms. The highest BCUT2D eigenvalue weighted by atomic mass is 19.3. The number of imidazole rings is 1. The highest BCUT2D eigenvalue weighted by Gasteiger charge is 2.24. The minimum atomic E-state index is -2.66. The summed E-state index contributed by atoms with van der Waals surface area (Å²) in [4.78, 5) is 14.9. The van der Waals surface area contributed by atoms with Gasteiger partial charge in [0.15, 0.2) is 5.82 Å². The van der Waals surface area contributed by atoms with E-state index in [1.165, 1.54) is 10.8 Å². The molecule has 2 heterocycles. The molecule has 7 nitrogen and oxygen atoms in total. The molecule has 96 valence electrons. The molecule has 0 atom stereocenters. The number of nitrogens with zero attached hydrogens (tertiary/aromatic N) is 5. The number of rotatable bonds is 4. The van der Waals surface area contributed by atoms with Gasteiger partial charge in [-0.15, -0.1) is 5.10 Å². The number of carboxylic acid groups (broad SMARTS) is 1. The van der Waals surface area contributed by atoms with Crippen LogP contribution >= 0.6 is 0 Å². The molecular formula is C9H9F2N5O2. The quantitative estimate of drug-likeness (QED) is 0.868. The molecule has 0 aliphatic carbocycles. The van der Waals surface area contributed by atoms with E-state index in [9.17, 15) is 13.6 Å². The van der Waals surface area contributed by atoms with E-state index >= 15 is 0 Å². The molecule has 0 unspecified atom stereocenters. The Bertz CT molecular complexity index is 577. The zero-order valence-electron chi connectivity index (χ0n) is 9.29. The van der Waals surface area contributed by atoms with Gasteiger partial charge in [-0.05, 0) is 0 Å². The lowest BCUT2D eigenvalue weighted by Gasteiger charge is -2.06. The van der Waals surface area contributed by atoms with Gasteiger partial charge in [0.05, 0.1) is 0 Å². The van der Waals surface area contributed by atoms with E-state index < -0.39 is 24.6 Å². The van der Waals surface area contributed by atoms with Crippen LogP contribution < -0.4 is 0 Å². The van der Waals surface area contributed by atoms with Crippen molar-refractivity contribution in [1.82, 2.24) is 24.5 Å². The SMILES string of the molecule is Cn1ccnc1-c1c(C(=O)O)nnn1CC(F)F. The fourth-order valence-electron chi connectivity index (χ4n) is 1.53. The van der Waals surface area contributed by atoms with Crippen molar-refractivity contribution < 1.29 is 18.7 Å². The smallest absolute Gasteiger partial charge is 0.358 e. The van der Waals surface area contributed by atoms with Gasteiger partial charge in [-0.1, -0.05) is 5.21 Å². The van der Waals surface area contributed by atoms with E-state index in [2.05, 4.69) is 15.3 Å². The number of halogens is 2. The number of aryl methyl sites for hydroxylation is 1. The average molecular weight is 257 g/mol. The predicted octanol–water partition coefficient (Wildman–Crippen LogP) is 0.642. The molecule has 0 saturated heterocycles. The van der Waals surface area contributed by atoms with Gasteiger partial charge in [0, 0.05) is 19.4 Å². The summed E-state index contributed by atoms with van der Waals surface area (Å²) in [6.45, 7) is -0.734. The van der Waals surface area contributed by atoms with Crippen LogP contribution in [0.25, 0.3) is 11.5 Å². The third kappa shape index (κ3) is 2.06. The second-order valence-corrected chi connectivity index (χ2v) is 3.53. The normalized spacial score (nSPS) is 11.1. The highest BCUT2D eigenvalue weighted by molar-refractivity contribution is 5.91. The van der Waals surface area contributed by atoms with E-state index in [4.69, 9.17) is 5.11 Å². The second kappa shape index (κ2) is 4.51.